The third-order valence-corrected chi connectivity index (χ3v) is 4.86. The van der Waals surface area contributed by atoms with Gasteiger partial charge in [0.15, 0.2) is 0 Å². The third kappa shape index (κ3) is 5.60. The van der Waals surface area contributed by atoms with Gasteiger partial charge in [0.25, 0.3) is 5.91 Å². The van der Waals surface area contributed by atoms with Crippen molar-refractivity contribution in [1.82, 2.24) is 15.3 Å². The molecule has 138 valence electrons. The zero-order chi connectivity index (χ0) is 19.1. The van der Waals surface area contributed by atoms with Crippen molar-refractivity contribution < 1.29 is 9.18 Å². The fourth-order valence-corrected chi connectivity index (χ4v) is 3.32. The summed E-state index contributed by atoms with van der Waals surface area (Å²) in [4.78, 5) is 20.4. The molecular formula is C20H19FN4OS. The monoisotopic (exact) mass is 382 g/mol. The number of nitrogens with zero attached hydrogens (tertiary/aromatic N) is 2. The van der Waals surface area contributed by atoms with E-state index in [4.69, 9.17) is 5.73 Å². The number of aromatic nitrogens is 2. The van der Waals surface area contributed by atoms with Crippen LogP contribution >= 0.6 is 11.8 Å². The lowest BCUT2D eigenvalue weighted by atomic mass is 10.1. The van der Waals surface area contributed by atoms with Gasteiger partial charge in [-0.25, -0.2) is 14.4 Å². The van der Waals surface area contributed by atoms with E-state index >= 15 is 0 Å². The maximum atomic E-state index is 13.2. The number of carbonyl (C=O) groups excluding carboxylic acids is 1. The highest BCUT2D eigenvalue weighted by Gasteiger charge is 2.06. The van der Waals surface area contributed by atoms with Gasteiger partial charge in [0.2, 0.25) is 0 Å². The van der Waals surface area contributed by atoms with Crippen LogP contribution in [0.2, 0.25) is 0 Å². The first-order chi connectivity index (χ1) is 13.1. The molecule has 1 heterocycles. The summed E-state index contributed by atoms with van der Waals surface area (Å²) in [5.41, 5.74) is 8.13. The SMILES string of the molecule is NC(=O)/C(=C/c1ccc2ncncc2c1)SCNCCc1cccc(F)c1. The Balaban J connectivity index is 1.56. The molecule has 3 rings (SSSR count). The number of thioether (sulfide) groups is 1. The first kappa shape index (κ1) is 19.0. The number of fused-ring (bicyclic) bond motifs is 1. The number of amides is 1. The predicted molar refractivity (Wildman–Crippen MR) is 107 cm³/mol. The molecule has 0 aliphatic carbocycles. The van der Waals surface area contributed by atoms with Gasteiger partial charge >= 0.3 is 0 Å². The first-order valence-electron chi connectivity index (χ1n) is 8.41. The Bertz CT molecular complexity index is 977. The maximum absolute atomic E-state index is 13.2. The molecule has 2 aromatic carbocycles. The summed E-state index contributed by atoms with van der Waals surface area (Å²) in [7, 11) is 0. The lowest BCUT2D eigenvalue weighted by Crippen LogP contribution is -2.19. The summed E-state index contributed by atoms with van der Waals surface area (Å²) in [5.74, 6) is -0.182. The van der Waals surface area contributed by atoms with Crippen molar-refractivity contribution in [1.29, 1.82) is 0 Å². The van der Waals surface area contributed by atoms with Crippen LogP contribution < -0.4 is 11.1 Å². The molecule has 5 nitrogen and oxygen atoms in total. The van der Waals surface area contributed by atoms with Crippen LogP contribution in [0.15, 0.2) is 59.9 Å². The van der Waals surface area contributed by atoms with Crippen molar-refractivity contribution in [2.24, 2.45) is 5.73 Å². The molecule has 3 aromatic rings. The minimum Gasteiger partial charge on any atom is -0.365 e. The van der Waals surface area contributed by atoms with Crippen molar-refractivity contribution in [3.05, 3.63) is 76.8 Å². The molecular weight excluding hydrogens is 363 g/mol. The van der Waals surface area contributed by atoms with Gasteiger partial charge in [0.1, 0.15) is 12.1 Å². The minimum absolute atomic E-state index is 0.235. The Kier molecular flexibility index (Phi) is 6.51. The Morgan fingerprint density at radius 1 is 1.26 bits per heavy atom. The van der Waals surface area contributed by atoms with Crippen LogP contribution in [-0.2, 0) is 11.2 Å². The highest BCUT2D eigenvalue weighted by atomic mass is 32.2. The van der Waals surface area contributed by atoms with Gasteiger partial charge < -0.3 is 11.1 Å². The zero-order valence-corrected chi connectivity index (χ0v) is 15.4. The standard InChI is InChI=1S/C20H19FN4OS/c21-17-3-1-2-14(9-17)6-7-23-13-27-19(20(22)26)10-15-4-5-18-16(8-15)11-24-12-25-18/h1-5,8-12,23H,6-7,13H2,(H2,22,26)/b19-10-. The summed E-state index contributed by atoms with van der Waals surface area (Å²) in [6.45, 7) is 0.676. The van der Waals surface area contributed by atoms with Crippen LogP contribution in [0.25, 0.3) is 17.0 Å². The van der Waals surface area contributed by atoms with E-state index in [0.29, 0.717) is 23.7 Å². The van der Waals surface area contributed by atoms with E-state index in [0.717, 1.165) is 22.0 Å². The number of halogens is 1. The van der Waals surface area contributed by atoms with Gasteiger partial charge in [-0.05, 0) is 54.4 Å². The lowest BCUT2D eigenvalue weighted by Gasteiger charge is -2.07. The second-order valence-electron chi connectivity index (χ2n) is 5.88. The Hall–Kier alpha value is -2.77. The van der Waals surface area contributed by atoms with E-state index in [-0.39, 0.29) is 5.82 Å². The van der Waals surface area contributed by atoms with Gasteiger partial charge in [-0.15, -0.1) is 11.8 Å². The average molecular weight is 382 g/mol. The molecule has 0 radical (unpaired) electrons. The minimum atomic E-state index is -0.476. The average Bonchev–Trinajstić information content (AvgIpc) is 2.66. The number of hydrogen-bond donors (Lipinski definition) is 2. The van der Waals surface area contributed by atoms with Crippen molar-refractivity contribution in [3.63, 3.8) is 0 Å². The second-order valence-corrected chi connectivity index (χ2v) is 6.90. The number of benzene rings is 2. The zero-order valence-electron chi connectivity index (χ0n) is 14.6. The molecule has 0 spiro atoms. The van der Waals surface area contributed by atoms with Gasteiger partial charge in [-0.2, -0.15) is 0 Å². The van der Waals surface area contributed by atoms with E-state index in [1.807, 2.05) is 24.3 Å². The number of hydrogen-bond acceptors (Lipinski definition) is 5. The number of nitrogens with two attached hydrogens (primary N) is 1. The lowest BCUT2D eigenvalue weighted by molar-refractivity contribution is -0.113. The quantitative estimate of drug-likeness (QED) is 0.355. The van der Waals surface area contributed by atoms with Crippen molar-refractivity contribution in [2.45, 2.75) is 6.42 Å². The van der Waals surface area contributed by atoms with E-state index in [1.54, 1.807) is 18.3 Å². The van der Waals surface area contributed by atoms with Crippen molar-refractivity contribution in [2.75, 3.05) is 12.4 Å². The summed E-state index contributed by atoms with van der Waals surface area (Å²) < 4.78 is 13.2. The van der Waals surface area contributed by atoms with Crippen LogP contribution in [0.1, 0.15) is 11.1 Å². The normalized spacial score (nSPS) is 11.7. The van der Waals surface area contributed by atoms with Gasteiger partial charge in [-0.3, -0.25) is 4.79 Å². The van der Waals surface area contributed by atoms with Gasteiger partial charge in [-0.1, -0.05) is 18.2 Å². The van der Waals surface area contributed by atoms with E-state index in [9.17, 15) is 9.18 Å². The van der Waals surface area contributed by atoms with Crippen LogP contribution in [-0.4, -0.2) is 28.3 Å². The fraction of sp³-hybridized carbons (Fsp3) is 0.150. The molecule has 0 fully saturated rings. The summed E-state index contributed by atoms with van der Waals surface area (Å²) in [5, 5.41) is 4.12. The number of carbonyl (C=O) groups is 1. The Morgan fingerprint density at radius 2 is 2.15 bits per heavy atom. The predicted octanol–water partition coefficient (Wildman–Crippen LogP) is 3.12. The number of nitrogens with one attached hydrogen (secondary N) is 1. The van der Waals surface area contributed by atoms with E-state index in [2.05, 4.69) is 15.3 Å². The summed E-state index contributed by atoms with van der Waals surface area (Å²) in [6, 6.07) is 12.2. The molecule has 7 heteroatoms. The van der Waals surface area contributed by atoms with Crippen molar-refractivity contribution in [3.8, 4) is 0 Å². The van der Waals surface area contributed by atoms with Crippen LogP contribution in [0, 0.1) is 5.82 Å². The highest BCUT2D eigenvalue weighted by molar-refractivity contribution is 8.04. The first-order valence-corrected chi connectivity index (χ1v) is 9.39. The van der Waals surface area contributed by atoms with Gasteiger partial charge in [0, 0.05) is 17.5 Å². The van der Waals surface area contributed by atoms with Gasteiger partial charge in [0.05, 0.1) is 10.4 Å². The van der Waals surface area contributed by atoms with E-state index in [1.165, 1.54) is 30.2 Å². The van der Waals surface area contributed by atoms with E-state index < -0.39 is 5.91 Å². The molecule has 0 aliphatic rings. The second kappa shape index (κ2) is 9.25. The third-order valence-electron chi connectivity index (χ3n) is 3.88. The molecule has 0 aliphatic heterocycles. The Labute approximate surface area is 160 Å². The molecule has 3 N–H and O–H groups in total. The smallest absolute Gasteiger partial charge is 0.255 e. The molecule has 0 saturated heterocycles. The highest BCUT2D eigenvalue weighted by Crippen LogP contribution is 2.20. The molecule has 27 heavy (non-hydrogen) atoms. The van der Waals surface area contributed by atoms with Crippen molar-refractivity contribution >= 4 is 34.6 Å². The molecule has 0 unspecified atom stereocenters. The van der Waals surface area contributed by atoms with Crippen LogP contribution in [0.5, 0.6) is 0 Å². The molecule has 1 aromatic heterocycles. The number of rotatable bonds is 8. The van der Waals surface area contributed by atoms with Crippen LogP contribution in [0.4, 0.5) is 4.39 Å². The molecule has 0 bridgehead atoms. The maximum Gasteiger partial charge on any atom is 0.255 e. The topological polar surface area (TPSA) is 80.9 Å². The largest absolute Gasteiger partial charge is 0.365 e. The Morgan fingerprint density at radius 3 is 2.96 bits per heavy atom. The summed E-state index contributed by atoms with van der Waals surface area (Å²) >= 11 is 1.34. The molecule has 0 saturated carbocycles. The summed E-state index contributed by atoms with van der Waals surface area (Å²) in [6.07, 6.45) is 5.69. The fourth-order valence-electron chi connectivity index (χ4n) is 2.55. The molecule has 1 amide bonds. The van der Waals surface area contributed by atoms with Crippen LogP contribution in [0.3, 0.4) is 0 Å². The number of primary amides is 1. The molecule has 0 atom stereocenters.